The topological polar surface area (TPSA) is 27.7 Å². The van der Waals surface area contributed by atoms with Crippen LogP contribution in [0.15, 0.2) is 0 Å². The van der Waals surface area contributed by atoms with Crippen LogP contribution in [0.1, 0.15) is 107 Å². The van der Waals surface area contributed by atoms with Gasteiger partial charge in [0.15, 0.2) is 14.1 Å². The van der Waals surface area contributed by atoms with Gasteiger partial charge in [-0.3, -0.25) is 0 Å². The second-order valence-electron chi connectivity index (χ2n) is 16.3. The third-order valence-corrected chi connectivity index (χ3v) is 16.7. The highest BCUT2D eigenvalue weighted by molar-refractivity contribution is 6.74. The number of fused-ring (bicyclic) bond motifs is 8. The molecule has 4 saturated carbocycles. The summed E-state index contributed by atoms with van der Waals surface area (Å²) in [6, 6.07) is 0. The average molecular weight is 491 g/mol. The number of ether oxygens (including phenoxy) is 2. The van der Waals surface area contributed by atoms with E-state index in [0.29, 0.717) is 34.7 Å². The molecule has 1 aliphatic heterocycles. The van der Waals surface area contributed by atoms with E-state index in [4.69, 9.17) is 13.9 Å². The molecule has 4 unspecified atom stereocenters. The summed E-state index contributed by atoms with van der Waals surface area (Å²) in [7, 11) is -1.80. The van der Waals surface area contributed by atoms with Crippen molar-refractivity contribution in [2.24, 2.45) is 39.9 Å². The fourth-order valence-corrected chi connectivity index (χ4v) is 10.7. The highest BCUT2D eigenvalue weighted by Gasteiger charge is 2.69. The monoisotopic (exact) mass is 490 g/mol. The standard InChI is InChI=1S/C30H54O3Si/c1-26(2,3)34(10,11)33-22-13-12-19-23-20(14-15-30(19,22)9)29(8)17-16-27(4,5)18-21(29)24-25(23)32-28(6,7)31-24/h19-25H,12-18H2,1-11H3/t19?,20?,21?,22-,23?,24+,25+,29+,30-/m0/s1. The molecule has 0 radical (unpaired) electrons. The number of hydrogen-bond acceptors (Lipinski definition) is 3. The molecule has 5 fully saturated rings. The van der Waals surface area contributed by atoms with Crippen LogP contribution in [0.4, 0.5) is 0 Å². The van der Waals surface area contributed by atoms with E-state index < -0.39 is 14.1 Å². The average Bonchev–Trinajstić information content (AvgIpc) is 3.18. The molecule has 4 aliphatic carbocycles. The van der Waals surface area contributed by atoms with Crippen LogP contribution in [0, 0.1) is 39.9 Å². The third-order valence-electron chi connectivity index (χ3n) is 12.2. The van der Waals surface area contributed by atoms with Crippen LogP contribution < -0.4 is 0 Å². The van der Waals surface area contributed by atoms with Crippen molar-refractivity contribution in [1.29, 1.82) is 0 Å². The fourth-order valence-electron chi connectivity index (χ4n) is 9.20. The Hall–Kier alpha value is 0.0969. The van der Waals surface area contributed by atoms with Gasteiger partial charge in [0.05, 0.1) is 18.3 Å². The second kappa shape index (κ2) is 7.57. The van der Waals surface area contributed by atoms with Crippen molar-refractivity contribution in [3.8, 4) is 0 Å². The Bertz CT molecular complexity index is 812. The molecule has 3 nitrogen and oxygen atoms in total. The zero-order chi connectivity index (χ0) is 25.1. The third kappa shape index (κ3) is 3.74. The second-order valence-corrected chi connectivity index (χ2v) is 21.1. The summed E-state index contributed by atoms with van der Waals surface area (Å²) in [4.78, 5) is 0. The first kappa shape index (κ1) is 25.7. The molecule has 0 aromatic heterocycles. The molecule has 0 amide bonds. The van der Waals surface area contributed by atoms with Crippen LogP contribution in [0.5, 0.6) is 0 Å². The first-order valence-corrected chi connectivity index (χ1v) is 17.3. The summed E-state index contributed by atoms with van der Waals surface area (Å²) >= 11 is 0. The van der Waals surface area contributed by atoms with Crippen molar-refractivity contribution in [2.75, 3.05) is 0 Å². The van der Waals surface area contributed by atoms with Crippen molar-refractivity contribution in [2.45, 2.75) is 149 Å². The summed E-state index contributed by atoms with van der Waals surface area (Å²) < 4.78 is 20.9. The molecule has 1 heterocycles. The Morgan fingerprint density at radius 2 is 1.35 bits per heavy atom. The highest BCUT2D eigenvalue weighted by atomic mass is 28.4. The summed E-state index contributed by atoms with van der Waals surface area (Å²) in [5.74, 6) is 2.22. The van der Waals surface area contributed by atoms with Gasteiger partial charge in [0.2, 0.25) is 0 Å². The summed E-state index contributed by atoms with van der Waals surface area (Å²) in [5, 5.41) is 0.261. The van der Waals surface area contributed by atoms with Gasteiger partial charge in [-0.25, -0.2) is 0 Å². The normalized spacial score (nSPS) is 49.7. The lowest BCUT2D eigenvalue weighted by atomic mass is 9.42. The lowest BCUT2D eigenvalue weighted by Crippen LogP contribution is -2.64. The maximum Gasteiger partial charge on any atom is 0.192 e. The van der Waals surface area contributed by atoms with Crippen molar-refractivity contribution in [3.05, 3.63) is 0 Å². The molecule has 0 spiro atoms. The molecular weight excluding hydrogens is 436 g/mol. The first-order valence-electron chi connectivity index (χ1n) is 14.4. The van der Waals surface area contributed by atoms with E-state index in [2.05, 4.69) is 75.4 Å². The van der Waals surface area contributed by atoms with E-state index in [1.807, 2.05) is 0 Å². The predicted octanol–water partition coefficient (Wildman–Crippen LogP) is 8.19. The lowest BCUT2D eigenvalue weighted by molar-refractivity contribution is -0.192. The maximum absolute atomic E-state index is 7.19. The van der Waals surface area contributed by atoms with E-state index in [-0.39, 0.29) is 22.7 Å². The van der Waals surface area contributed by atoms with Crippen molar-refractivity contribution in [3.63, 3.8) is 0 Å². The van der Waals surface area contributed by atoms with Crippen LogP contribution in [0.3, 0.4) is 0 Å². The highest BCUT2D eigenvalue weighted by Crippen LogP contribution is 2.70. The quantitative estimate of drug-likeness (QED) is 0.365. The van der Waals surface area contributed by atoms with E-state index in [1.54, 1.807) is 0 Å². The minimum absolute atomic E-state index is 0.253. The van der Waals surface area contributed by atoms with E-state index in [1.165, 1.54) is 44.9 Å². The van der Waals surface area contributed by atoms with Crippen LogP contribution in [-0.4, -0.2) is 32.4 Å². The molecule has 0 N–H and O–H groups in total. The molecule has 1 saturated heterocycles. The Morgan fingerprint density at radius 1 is 0.735 bits per heavy atom. The van der Waals surface area contributed by atoms with Crippen LogP contribution >= 0.6 is 0 Å². The maximum atomic E-state index is 7.19. The van der Waals surface area contributed by atoms with Gasteiger partial charge in [-0.15, -0.1) is 0 Å². The van der Waals surface area contributed by atoms with Gasteiger partial charge < -0.3 is 13.9 Å². The van der Waals surface area contributed by atoms with Crippen LogP contribution in [0.25, 0.3) is 0 Å². The van der Waals surface area contributed by atoms with Crippen LogP contribution in [-0.2, 0) is 13.9 Å². The van der Waals surface area contributed by atoms with Gasteiger partial charge in [0, 0.05) is 0 Å². The van der Waals surface area contributed by atoms with E-state index in [9.17, 15) is 0 Å². The molecule has 0 bridgehead atoms. The van der Waals surface area contributed by atoms with Gasteiger partial charge in [-0.05, 0) is 117 Å². The van der Waals surface area contributed by atoms with E-state index >= 15 is 0 Å². The molecule has 5 aliphatic rings. The number of rotatable bonds is 2. The molecule has 196 valence electrons. The SMILES string of the molecule is CC1(C)CC[C@]2(C)C3CC[C@@]4(C)C(CC[C@@H]4O[Si](C)(C)C(C)(C)C)C3[C@H]3OC(C)(C)O[C@@H]3C2C1. The van der Waals surface area contributed by atoms with Crippen molar-refractivity contribution < 1.29 is 13.9 Å². The van der Waals surface area contributed by atoms with Gasteiger partial charge in [-0.1, -0.05) is 48.5 Å². The minimum atomic E-state index is -1.80. The predicted molar refractivity (Wildman–Crippen MR) is 142 cm³/mol. The van der Waals surface area contributed by atoms with E-state index in [0.717, 1.165) is 5.92 Å². The Balaban J connectivity index is 1.49. The Morgan fingerprint density at radius 3 is 2.00 bits per heavy atom. The zero-order valence-corrected chi connectivity index (χ0v) is 25.2. The molecule has 4 heteroatoms. The molecule has 34 heavy (non-hydrogen) atoms. The minimum Gasteiger partial charge on any atom is -0.413 e. The molecular formula is C30H54O3Si. The smallest absolute Gasteiger partial charge is 0.192 e. The largest absolute Gasteiger partial charge is 0.413 e. The number of hydrogen-bond donors (Lipinski definition) is 0. The molecule has 0 aromatic rings. The zero-order valence-electron chi connectivity index (χ0n) is 24.2. The van der Waals surface area contributed by atoms with Crippen molar-refractivity contribution >= 4 is 8.32 Å². The van der Waals surface area contributed by atoms with Gasteiger partial charge in [0.25, 0.3) is 0 Å². The first-order chi connectivity index (χ1) is 15.4. The van der Waals surface area contributed by atoms with Crippen molar-refractivity contribution in [1.82, 2.24) is 0 Å². The Labute approximate surface area is 211 Å². The fraction of sp³-hybridized carbons (Fsp3) is 1.00. The van der Waals surface area contributed by atoms with Crippen LogP contribution in [0.2, 0.25) is 18.1 Å². The molecule has 5 rings (SSSR count). The van der Waals surface area contributed by atoms with Gasteiger partial charge in [-0.2, -0.15) is 0 Å². The molecule has 0 aromatic carbocycles. The van der Waals surface area contributed by atoms with Gasteiger partial charge in [0.1, 0.15) is 0 Å². The summed E-state index contributed by atoms with van der Waals surface area (Å²) in [6.45, 7) is 26.5. The summed E-state index contributed by atoms with van der Waals surface area (Å²) in [5.41, 5.74) is 1.07. The Kier molecular flexibility index (Phi) is 5.73. The lowest BCUT2D eigenvalue weighted by Gasteiger charge is -2.64. The molecule has 9 atom stereocenters. The van der Waals surface area contributed by atoms with Gasteiger partial charge >= 0.3 is 0 Å². The summed E-state index contributed by atoms with van der Waals surface area (Å²) in [6.07, 6.45) is 10.1.